The number of benzene rings is 3. The SMILES string of the molecule is CCOc1ccc(OCc2cccc(C(=O)N/N=C/c3ccc(OC)cc3)c2)cc1. The summed E-state index contributed by atoms with van der Waals surface area (Å²) in [6.45, 7) is 2.92. The molecular formula is C24H24N2O4. The summed E-state index contributed by atoms with van der Waals surface area (Å²) >= 11 is 0. The molecule has 0 aromatic heterocycles. The van der Waals surface area contributed by atoms with Gasteiger partial charge in [0.15, 0.2) is 0 Å². The summed E-state index contributed by atoms with van der Waals surface area (Å²) in [6.07, 6.45) is 1.58. The van der Waals surface area contributed by atoms with E-state index in [1.807, 2.05) is 67.6 Å². The van der Waals surface area contributed by atoms with E-state index in [4.69, 9.17) is 14.2 Å². The van der Waals surface area contributed by atoms with Crippen LogP contribution < -0.4 is 19.6 Å². The zero-order chi connectivity index (χ0) is 21.2. The molecule has 1 amide bonds. The second-order valence-corrected chi connectivity index (χ2v) is 6.37. The summed E-state index contributed by atoms with van der Waals surface area (Å²) in [5, 5.41) is 4.01. The minimum Gasteiger partial charge on any atom is -0.497 e. The van der Waals surface area contributed by atoms with Crippen LogP contribution in [0.15, 0.2) is 77.9 Å². The first-order valence-corrected chi connectivity index (χ1v) is 9.60. The highest BCUT2D eigenvalue weighted by molar-refractivity contribution is 5.95. The first-order chi connectivity index (χ1) is 14.7. The number of carbonyl (C=O) groups excluding carboxylic acids is 1. The van der Waals surface area contributed by atoms with Crippen LogP contribution in [-0.4, -0.2) is 25.8 Å². The van der Waals surface area contributed by atoms with Gasteiger partial charge in [0.25, 0.3) is 5.91 Å². The molecule has 6 heteroatoms. The third-order valence-electron chi connectivity index (χ3n) is 4.22. The van der Waals surface area contributed by atoms with Gasteiger partial charge in [-0.3, -0.25) is 4.79 Å². The van der Waals surface area contributed by atoms with E-state index in [1.54, 1.807) is 25.5 Å². The second-order valence-electron chi connectivity index (χ2n) is 6.37. The predicted molar refractivity (Wildman–Crippen MR) is 116 cm³/mol. The van der Waals surface area contributed by atoms with Crippen LogP contribution in [0.2, 0.25) is 0 Å². The molecule has 154 valence electrons. The van der Waals surface area contributed by atoms with Crippen LogP contribution in [0.4, 0.5) is 0 Å². The molecule has 1 N–H and O–H groups in total. The maximum Gasteiger partial charge on any atom is 0.271 e. The highest BCUT2D eigenvalue weighted by atomic mass is 16.5. The van der Waals surface area contributed by atoms with Crippen molar-refractivity contribution in [2.75, 3.05) is 13.7 Å². The van der Waals surface area contributed by atoms with E-state index in [0.717, 1.165) is 28.4 Å². The van der Waals surface area contributed by atoms with Crippen LogP contribution in [0.5, 0.6) is 17.2 Å². The molecule has 0 radical (unpaired) electrons. The van der Waals surface area contributed by atoms with E-state index < -0.39 is 0 Å². The molecule has 0 unspecified atom stereocenters. The van der Waals surface area contributed by atoms with Crippen molar-refractivity contribution in [1.29, 1.82) is 0 Å². The summed E-state index contributed by atoms with van der Waals surface area (Å²) < 4.78 is 16.3. The number of nitrogens with one attached hydrogen (secondary N) is 1. The number of hydrogen-bond donors (Lipinski definition) is 1. The fourth-order valence-corrected chi connectivity index (χ4v) is 2.69. The molecule has 0 saturated heterocycles. The molecule has 0 saturated carbocycles. The minimum absolute atomic E-state index is 0.289. The normalized spacial score (nSPS) is 10.6. The van der Waals surface area contributed by atoms with Crippen molar-refractivity contribution in [3.8, 4) is 17.2 Å². The monoisotopic (exact) mass is 404 g/mol. The molecule has 0 atom stereocenters. The maximum atomic E-state index is 12.4. The fraction of sp³-hybridized carbons (Fsp3) is 0.167. The first kappa shape index (κ1) is 20.9. The Morgan fingerprint density at radius 2 is 1.60 bits per heavy atom. The van der Waals surface area contributed by atoms with Gasteiger partial charge >= 0.3 is 0 Å². The number of amides is 1. The van der Waals surface area contributed by atoms with E-state index >= 15 is 0 Å². The van der Waals surface area contributed by atoms with Gasteiger partial charge in [0, 0.05) is 5.56 Å². The highest BCUT2D eigenvalue weighted by Crippen LogP contribution is 2.19. The van der Waals surface area contributed by atoms with E-state index in [0.29, 0.717) is 18.8 Å². The largest absolute Gasteiger partial charge is 0.497 e. The van der Waals surface area contributed by atoms with Gasteiger partial charge in [0.05, 0.1) is 19.9 Å². The van der Waals surface area contributed by atoms with Crippen LogP contribution >= 0.6 is 0 Å². The van der Waals surface area contributed by atoms with Crippen molar-refractivity contribution in [1.82, 2.24) is 5.43 Å². The summed E-state index contributed by atoms with van der Waals surface area (Å²) in [4.78, 5) is 12.4. The molecular weight excluding hydrogens is 380 g/mol. The van der Waals surface area contributed by atoms with Crippen molar-refractivity contribution < 1.29 is 19.0 Å². The Hall–Kier alpha value is -3.80. The Labute approximate surface area is 176 Å². The van der Waals surface area contributed by atoms with Crippen molar-refractivity contribution in [2.45, 2.75) is 13.5 Å². The van der Waals surface area contributed by atoms with Gasteiger partial charge in [-0.05, 0) is 78.7 Å². The molecule has 3 rings (SSSR count). The maximum absolute atomic E-state index is 12.4. The molecule has 0 bridgehead atoms. The Morgan fingerprint density at radius 3 is 2.27 bits per heavy atom. The number of hydrogen-bond acceptors (Lipinski definition) is 5. The molecule has 0 spiro atoms. The number of carbonyl (C=O) groups is 1. The summed E-state index contributed by atoms with van der Waals surface area (Å²) in [5.41, 5.74) is 4.79. The summed E-state index contributed by atoms with van der Waals surface area (Å²) in [5.74, 6) is 2.01. The molecule has 0 fully saturated rings. The molecule has 0 aliphatic heterocycles. The molecule has 0 aliphatic rings. The van der Waals surface area contributed by atoms with E-state index in [-0.39, 0.29) is 5.91 Å². The molecule has 3 aromatic carbocycles. The molecule has 0 aliphatic carbocycles. The predicted octanol–water partition coefficient (Wildman–Crippen LogP) is 4.44. The number of nitrogens with zero attached hydrogens (tertiary/aromatic N) is 1. The highest BCUT2D eigenvalue weighted by Gasteiger charge is 2.06. The number of hydrazone groups is 1. The quantitative estimate of drug-likeness (QED) is 0.423. The third kappa shape index (κ3) is 6.10. The van der Waals surface area contributed by atoms with Crippen molar-refractivity contribution in [3.63, 3.8) is 0 Å². The van der Waals surface area contributed by atoms with Crippen molar-refractivity contribution >= 4 is 12.1 Å². The molecule has 6 nitrogen and oxygen atoms in total. The van der Waals surface area contributed by atoms with Gasteiger partial charge in [-0.1, -0.05) is 12.1 Å². The zero-order valence-corrected chi connectivity index (χ0v) is 17.0. The Kier molecular flexibility index (Phi) is 7.44. The van der Waals surface area contributed by atoms with E-state index in [2.05, 4.69) is 10.5 Å². The van der Waals surface area contributed by atoms with Crippen molar-refractivity contribution in [2.24, 2.45) is 5.10 Å². The topological polar surface area (TPSA) is 69.2 Å². The average Bonchev–Trinajstić information content (AvgIpc) is 2.79. The van der Waals surface area contributed by atoms with Gasteiger partial charge in [0.2, 0.25) is 0 Å². The lowest BCUT2D eigenvalue weighted by Gasteiger charge is -2.09. The lowest BCUT2D eigenvalue weighted by atomic mass is 10.1. The van der Waals surface area contributed by atoms with Crippen LogP contribution in [0, 0.1) is 0 Å². The smallest absolute Gasteiger partial charge is 0.271 e. The van der Waals surface area contributed by atoms with Gasteiger partial charge < -0.3 is 14.2 Å². The van der Waals surface area contributed by atoms with Crippen LogP contribution in [0.1, 0.15) is 28.4 Å². The third-order valence-corrected chi connectivity index (χ3v) is 4.22. The Balaban J connectivity index is 1.54. The van der Waals surface area contributed by atoms with Gasteiger partial charge in [-0.15, -0.1) is 0 Å². The van der Waals surface area contributed by atoms with Gasteiger partial charge in [0.1, 0.15) is 23.9 Å². The number of methoxy groups -OCH3 is 1. The lowest BCUT2D eigenvalue weighted by molar-refractivity contribution is 0.0955. The lowest BCUT2D eigenvalue weighted by Crippen LogP contribution is -2.17. The van der Waals surface area contributed by atoms with Crippen LogP contribution in [0.3, 0.4) is 0 Å². The Bertz CT molecular complexity index is 983. The fourth-order valence-electron chi connectivity index (χ4n) is 2.69. The second kappa shape index (κ2) is 10.7. The molecule has 0 heterocycles. The molecule has 30 heavy (non-hydrogen) atoms. The summed E-state index contributed by atoms with van der Waals surface area (Å²) in [6, 6.07) is 22.1. The molecule has 3 aromatic rings. The van der Waals surface area contributed by atoms with E-state index in [9.17, 15) is 4.79 Å². The van der Waals surface area contributed by atoms with Crippen LogP contribution in [0.25, 0.3) is 0 Å². The van der Waals surface area contributed by atoms with Crippen molar-refractivity contribution in [3.05, 3.63) is 89.5 Å². The van der Waals surface area contributed by atoms with Crippen LogP contribution in [-0.2, 0) is 6.61 Å². The standard InChI is InChI=1S/C24H24N2O4/c1-3-29-22-11-13-23(14-12-22)30-17-19-5-4-6-20(15-19)24(27)26-25-16-18-7-9-21(28-2)10-8-18/h4-16H,3,17H2,1-2H3,(H,26,27)/b25-16+. The van der Waals surface area contributed by atoms with E-state index in [1.165, 1.54) is 0 Å². The summed E-state index contributed by atoms with van der Waals surface area (Å²) in [7, 11) is 1.61. The first-order valence-electron chi connectivity index (χ1n) is 9.60. The number of ether oxygens (including phenoxy) is 3. The number of rotatable bonds is 9. The average molecular weight is 404 g/mol. The zero-order valence-electron chi connectivity index (χ0n) is 17.0. The van der Waals surface area contributed by atoms with Gasteiger partial charge in [-0.2, -0.15) is 5.10 Å². The minimum atomic E-state index is -0.289. The van der Waals surface area contributed by atoms with Gasteiger partial charge in [-0.25, -0.2) is 5.43 Å². The Morgan fingerprint density at radius 1 is 0.933 bits per heavy atom.